The SMILES string of the molecule is CN=C(NCCCOC1CCCC1)NCC1(CCO)CCOC1. The smallest absolute Gasteiger partial charge is 0.190 e. The molecule has 0 spiro atoms. The zero-order chi connectivity index (χ0) is 16.4. The minimum Gasteiger partial charge on any atom is -0.396 e. The molecule has 2 rings (SSSR count). The molecule has 1 saturated carbocycles. The Morgan fingerprint density at radius 2 is 2.17 bits per heavy atom. The molecule has 2 aliphatic rings. The summed E-state index contributed by atoms with van der Waals surface area (Å²) in [5.74, 6) is 0.815. The summed E-state index contributed by atoms with van der Waals surface area (Å²) in [4.78, 5) is 4.27. The molecule has 23 heavy (non-hydrogen) atoms. The average molecular weight is 327 g/mol. The van der Waals surface area contributed by atoms with E-state index < -0.39 is 0 Å². The van der Waals surface area contributed by atoms with E-state index in [4.69, 9.17) is 9.47 Å². The van der Waals surface area contributed by atoms with Crippen LogP contribution in [0, 0.1) is 5.41 Å². The van der Waals surface area contributed by atoms with Gasteiger partial charge in [-0.1, -0.05) is 12.8 Å². The van der Waals surface area contributed by atoms with Crippen LogP contribution in [0.1, 0.15) is 44.9 Å². The van der Waals surface area contributed by atoms with Crippen LogP contribution < -0.4 is 10.6 Å². The summed E-state index contributed by atoms with van der Waals surface area (Å²) in [7, 11) is 1.79. The lowest BCUT2D eigenvalue weighted by Crippen LogP contribution is -2.44. The van der Waals surface area contributed by atoms with Gasteiger partial charge in [0.05, 0.1) is 12.7 Å². The highest BCUT2D eigenvalue weighted by Gasteiger charge is 2.34. The van der Waals surface area contributed by atoms with Crippen LogP contribution in [-0.2, 0) is 9.47 Å². The van der Waals surface area contributed by atoms with Gasteiger partial charge in [-0.15, -0.1) is 0 Å². The Kier molecular flexibility index (Phi) is 8.12. The Morgan fingerprint density at radius 3 is 2.83 bits per heavy atom. The van der Waals surface area contributed by atoms with E-state index in [0.29, 0.717) is 12.7 Å². The van der Waals surface area contributed by atoms with Gasteiger partial charge in [-0.2, -0.15) is 0 Å². The van der Waals surface area contributed by atoms with E-state index in [0.717, 1.165) is 51.5 Å². The molecular weight excluding hydrogens is 294 g/mol. The second-order valence-corrected chi connectivity index (χ2v) is 6.76. The molecule has 0 aromatic heterocycles. The Labute approximate surface area is 140 Å². The molecule has 0 amide bonds. The van der Waals surface area contributed by atoms with Gasteiger partial charge in [0.15, 0.2) is 5.96 Å². The number of aliphatic hydroxyl groups is 1. The molecule has 6 nitrogen and oxygen atoms in total. The normalized spacial score (nSPS) is 25.9. The molecule has 1 unspecified atom stereocenters. The number of aliphatic imine (C=N–C) groups is 1. The minimum absolute atomic E-state index is 0.0396. The summed E-state index contributed by atoms with van der Waals surface area (Å²) in [5.41, 5.74) is 0.0396. The van der Waals surface area contributed by atoms with Gasteiger partial charge in [-0.05, 0) is 32.1 Å². The van der Waals surface area contributed by atoms with Crippen molar-refractivity contribution < 1.29 is 14.6 Å². The average Bonchev–Trinajstić information content (AvgIpc) is 3.23. The van der Waals surface area contributed by atoms with Gasteiger partial charge in [0, 0.05) is 45.4 Å². The lowest BCUT2D eigenvalue weighted by atomic mass is 9.84. The Morgan fingerprint density at radius 1 is 1.35 bits per heavy atom. The maximum atomic E-state index is 9.26. The highest BCUT2D eigenvalue weighted by molar-refractivity contribution is 5.79. The fraction of sp³-hybridized carbons (Fsp3) is 0.941. The first-order chi connectivity index (χ1) is 11.3. The fourth-order valence-corrected chi connectivity index (χ4v) is 3.39. The number of nitrogens with zero attached hydrogens (tertiary/aromatic N) is 1. The van der Waals surface area contributed by atoms with E-state index >= 15 is 0 Å². The number of hydrogen-bond donors (Lipinski definition) is 3. The summed E-state index contributed by atoms with van der Waals surface area (Å²) < 4.78 is 11.4. The lowest BCUT2D eigenvalue weighted by Gasteiger charge is -2.27. The third kappa shape index (κ3) is 6.28. The Hall–Kier alpha value is -0.850. The van der Waals surface area contributed by atoms with Crippen molar-refractivity contribution in [3.05, 3.63) is 0 Å². The third-order valence-corrected chi connectivity index (χ3v) is 4.95. The predicted molar refractivity (Wildman–Crippen MR) is 91.8 cm³/mol. The maximum absolute atomic E-state index is 9.26. The molecule has 1 aliphatic carbocycles. The summed E-state index contributed by atoms with van der Waals surface area (Å²) in [5, 5.41) is 16.0. The molecule has 6 heteroatoms. The minimum atomic E-state index is 0.0396. The van der Waals surface area contributed by atoms with Crippen molar-refractivity contribution >= 4 is 5.96 Å². The van der Waals surface area contributed by atoms with E-state index in [1.54, 1.807) is 7.05 Å². The van der Waals surface area contributed by atoms with Gasteiger partial charge >= 0.3 is 0 Å². The van der Waals surface area contributed by atoms with E-state index in [2.05, 4.69) is 15.6 Å². The second-order valence-electron chi connectivity index (χ2n) is 6.76. The molecule has 1 saturated heterocycles. The first-order valence-corrected chi connectivity index (χ1v) is 9.03. The van der Waals surface area contributed by atoms with Gasteiger partial charge < -0.3 is 25.2 Å². The summed E-state index contributed by atoms with van der Waals surface area (Å²) in [6.45, 7) is 4.16. The molecule has 0 bridgehead atoms. The number of ether oxygens (including phenoxy) is 2. The molecule has 1 aliphatic heterocycles. The van der Waals surface area contributed by atoms with Gasteiger partial charge in [0.1, 0.15) is 0 Å². The fourth-order valence-electron chi connectivity index (χ4n) is 3.39. The monoisotopic (exact) mass is 327 g/mol. The van der Waals surface area contributed by atoms with E-state index in [1.165, 1.54) is 25.7 Å². The zero-order valence-corrected chi connectivity index (χ0v) is 14.5. The molecule has 1 atom stereocenters. The van der Waals surface area contributed by atoms with Crippen LogP contribution in [0.2, 0.25) is 0 Å². The zero-order valence-electron chi connectivity index (χ0n) is 14.5. The van der Waals surface area contributed by atoms with E-state index in [9.17, 15) is 5.11 Å². The van der Waals surface area contributed by atoms with Gasteiger partial charge in [-0.25, -0.2) is 0 Å². The van der Waals surface area contributed by atoms with Crippen molar-refractivity contribution in [2.75, 3.05) is 46.6 Å². The van der Waals surface area contributed by atoms with Crippen molar-refractivity contribution in [3.63, 3.8) is 0 Å². The maximum Gasteiger partial charge on any atom is 0.190 e. The quantitative estimate of drug-likeness (QED) is 0.338. The predicted octanol–water partition coefficient (Wildman–Crippen LogP) is 1.29. The Bertz CT molecular complexity index is 351. The van der Waals surface area contributed by atoms with Crippen LogP contribution >= 0.6 is 0 Å². The molecule has 0 radical (unpaired) electrons. The number of nitrogens with one attached hydrogen (secondary N) is 2. The van der Waals surface area contributed by atoms with Crippen LogP contribution in [-0.4, -0.2) is 63.7 Å². The summed E-state index contributed by atoms with van der Waals surface area (Å²) >= 11 is 0. The molecule has 3 N–H and O–H groups in total. The van der Waals surface area contributed by atoms with Crippen molar-refractivity contribution in [2.24, 2.45) is 10.4 Å². The topological polar surface area (TPSA) is 75.1 Å². The van der Waals surface area contributed by atoms with Crippen molar-refractivity contribution in [1.29, 1.82) is 0 Å². The third-order valence-electron chi connectivity index (χ3n) is 4.95. The van der Waals surface area contributed by atoms with E-state index in [1.807, 2.05) is 0 Å². The van der Waals surface area contributed by atoms with Crippen molar-refractivity contribution in [1.82, 2.24) is 10.6 Å². The molecule has 1 heterocycles. The van der Waals surface area contributed by atoms with Crippen molar-refractivity contribution in [3.8, 4) is 0 Å². The van der Waals surface area contributed by atoms with Gasteiger partial charge in [-0.3, -0.25) is 4.99 Å². The molecule has 0 aromatic rings. The second kappa shape index (κ2) is 10.1. The standard InChI is InChI=1S/C17H33N3O3/c1-18-16(19-9-4-11-23-15-5-2-3-6-15)20-13-17(7-10-21)8-12-22-14-17/h15,21H,2-14H2,1H3,(H2,18,19,20). The Balaban J connectivity index is 1.59. The highest BCUT2D eigenvalue weighted by Crippen LogP contribution is 2.31. The van der Waals surface area contributed by atoms with Crippen LogP contribution in [0.15, 0.2) is 4.99 Å². The van der Waals surface area contributed by atoms with Crippen molar-refractivity contribution in [2.45, 2.75) is 51.0 Å². The van der Waals surface area contributed by atoms with Crippen LogP contribution in [0.4, 0.5) is 0 Å². The first kappa shape index (κ1) is 18.5. The van der Waals surface area contributed by atoms with E-state index in [-0.39, 0.29) is 12.0 Å². The summed E-state index contributed by atoms with van der Waals surface area (Å²) in [6.07, 6.45) is 8.34. The van der Waals surface area contributed by atoms with Gasteiger partial charge in [0.25, 0.3) is 0 Å². The lowest BCUT2D eigenvalue weighted by molar-refractivity contribution is 0.0573. The molecule has 2 fully saturated rings. The summed E-state index contributed by atoms with van der Waals surface area (Å²) in [6, 6.07) is 0. The first-order valence-electron chi connectivity index (χ1n) is 9.03. The molecule has 134 valence electrons. The molecule has 0 aromatic carbocycles. The number of guanidine groups is 1. The van der Waals surface area contributed by atoms with Crippen LogP contribution in [0.5, 0.6) is 0 Å². The number of rotatable bonds is 9. The number of aliphatic hydroxyl groups excluding tert-OH is 1. The molecular formula is C17H33N3O3. The van der Waals surface area contributed by atoms with Gasteiger partial charge in [0.2, 0.25) is 0 Å². The van der Waals surface area contributed by atoms with Crippen LogP contribution in [0.3, 0.4) is 0 Å². The largest absolute Gasteiger partial charge is 0.396 e. The number of hydrogen-bond acceptors (Lipinski definition) is 4. The highest BCUT2D eigenvalue weighted by atomic mass is 16.5. The van der Waals surface area contributed by atoms with Crippen LogP contribution in [0.25, 0.3) is 0 Å².